The largest absolute Gasteiger partial charge is 0.508 e. The van der Waals surface area contributed by atoms with Crippen molar-refractivity contribution in [3.8, 4) is 11.5 Å². The maximum absolute atomic E-state index is 10.6. The number of carbonyl (C=O) groups is 1. The Balaban J connectivity index is 0.000000277. The molecule has 146 valence electrons. The van der Waals surface area contributed by atoms with Gasteiger partial charge in [0.05, 0.1) is 12.4 Å². The number of aromatic nitrogens is 2. The number of nitrogens with two attached hydrogens (primary N) is 4. The predicted molar refractivity (Wildman–Crippen MR) is 105 cm³/mol. The lowest BCUT2D eigenvalue weighted by Crippen LogP contribution is -2.17. The van der Waals surface area contributed by atoms with Crippen molar-refractivity contribution in [1.82, 2.24) is 9.97 Å². The van der Waals surface area contributed by atoms with Crippen molar-refractivity contribution in [3.05, 3.63) is 35.1 Å². The van der Waals surface area contributed by atoms with E-state index in [2.05, 4.69) is 15.0 Å². The zero-order valence-corrected chi connectivity index (χ0v) is 15.5. The van der Waals surface area contributed by atoms with Crippen molar-refractivity contribution >= 4 is 35.0 Å². The molecule has 0 bridgehead atoms. The molecule has 0 saturated carbocycles. The fourth-order valence-electron chi connectivity index (χ4n) is 1.68. The molecule has 0 aliphatic heterocycles. The van der Waals surface area contributed by atoms with Crippen LogP contribution in [-0.2, 0) is 0 Å². The third-order valence-electron chi connectivity index (χ3n) is 2.91. The lowest BCUT2D eigenvalue weighted by atomic mass is 10.3. The minimum atomic E-state index is -0.790. The zero-order chi connectivity index (χ0) is 20.4. The molecule has 2 rings (SSSR count). The molecule has 1 amide bonds. The van der Waals surface area contributed by atoms with Crippen LogP contribution in [0.25, 0.3) is 0 Å². The Hall–Kier alpha value is -3.27. The average molecular weight is 396 g/mol. The number of ether oxygens (including phenoxy) is 1. The highest BCUT2D eigenvalue weighted by atomic mass is 35.5. The zero-order valence-electron chi connectivity index (χ0n) is 14.7. The number of carbonyl (C=O) groups excluding carboxylic acids is 1. The smallest absolute Gasteiger partial charge is 0.271 e. The molecular weight excluding hydrogens is 374 g/mol. The summed E-state index contributed by atoms with van der Waals surface area (Å²) >= 11 is 5.47. The van der Waals surface area contributed by atoms with E-state index in [1.54, 1.807) is 31.2 Å². The highest BCUT2D eigenvalue weighted by Crippen LogP contribution is 2.17. The van der Waals surface area contributed by atoms with Gasteiger partial charge in [0.1, 0.15) is 11.5 Å². The minimum Gasteiger partial charge on any atom is -0.508 e. The summed E-state index contributed by atoms with van der Waals surface area (Å²) in [7, 11) is 0. The topological polar surface area (TPSA) is 189 Å². The fourth-order valence-corrected chi connectivity index (χ4v) is 1.80. The summed E-state index contributed by atoms with van der Waals surface area (Å²) in [5.41, 5.74) is 20.7. The van der Waals surface area contributed by atoms with Crippen LogP contribution in [0.4, 0.5) is 11.6 Å². The number of hydrogen-bond donors (Lipinski definition) is 5. The van der Waals surface area contributed by atoms with E-state index in [0.29, 0.717) is 19.0 Å². The molecule has 10 nitrogen and oxygen atoms in total. The van der Waals surface area contributed by atoms with Crippen LogP contribution in [-0.4, -0.2) is 40.0 Å². The van der Waals surface area contributed by atoms with Crippen molar-refractivity contribution in [3.63, 3.8) is 0 Å². The van der Waals surface area contributed by atoms with Crippen molar-refractivity contribution in [2.45, 2.75) is 13.3 Å². The van der Waals surface area contributed by atoms with Crippen LogP contribution in [0.2, 0.25) is 5.15 Å². The fraction of sp³-hybridized carbons (Fsp3) is 0.250. The number of amides is 1. The molecule has 0 atom stereocenters. The molecule has 2 aromatic rings. The first-order chi connectivity index (χ1) is 12.7. The monoisotopic (exact) mass is 395 g/mol. The van der Waals surface area contributed by atoms with Gasteiger partial charge in [0.2, 0.25) is 0 Å². The van der Waals surface area contributed by atoms with E-state index in [9.17, 15) is 4.79 Å². The number of phenolic OH excluding ortho intramolecular Hbond substituents is 1. The molecule has 11 heteroatoms. The molecule has 0 radical (unpaired) electrons. The Morgan fingerprint density at radius 2 is 1.81 bits per heavy atom. The Labute approximate surface area is 161 Å². The second-order valence-electron chi connectivity index (χ2n) is 5.22. The molecule has 1 aromatic carbocycles. The highest BCUT2D eigenvalue weighted by molar-refractivity contribution is 6.31. The Bertz CT molecular complexity index is 793. The van der Waals surface area contributed by atoms with Crippen molar-refractivity contribution in [2.75, 3.05) is 24.6 Å². The highest BCUT2D eigenvalue weighted by Gasteiger charge is 2.11. The maximum atomic E-state index is 10.6. The number of primary amides is 1. The molecule has 27 heavy (non-hydrogen) atoms. The van der Waals surface area contributed by atoms with Crippen LogP contribution in [0.1, 0.15) is 23.8 Å². The van der Waals surface area contributed by atoms with Crippen LogP contribution in [0.5, 0.6) is 11.5 Å². The molecule has 1 heterocycles. The number of rotatable bonds is 6. The number of amidine groups is 1. The average Bonchev–Trinajstić information content (AvgIpc) is 2.59. The molecule has 0 spiro atoms. The third kappa shape index (κ3) is 8.10. The predicted octanol–water partition coefficient (Wildman–Crippen LogP) is 0.932. The van der Waals surface area contributed by atoms with Crippen molar-refractivity contribution in [1.29, 1.82) is 0 Å². The second-order valence-corrected chi connectivity index (χ2v) is 5.57. The number of anilines is 2. The number of aliphatic imine (C=N–C) groups is 1. The van der Waals surface area contributed by atoms with E-state index < -0.39 is 5.91 Å². The molecule has 0 aliphatic carbocycles. The van der Waals surface area contributed by atoms with Gasteiger partial charge in [-0.15, -0.1) is 0 Å². The van der Waals surface area contributed by atoms with E-state index in [4.69, 9.17) is 44.4 Å². The first-order valence-electron chi connectivity index (χ1n) is 7.77. The van der Waals surface area contributed by atoms with E-state index in [1.165, 1.54) is 0 Å². The summed E-state index contributed by atoms with van der Waals surface area (Å²) in [6.07, 6.45) is 0.829. The molecule has 0 fully saturated rings. The molecular formula is C16H22ClN7O3. The number of phenols is 1. The molecule has 1 aromatic heterocycles. The summed E-state index contributed by atoms with van der Waals surface area (Å²) in [6, 6.07) is 6.65. The van der Waals surface area contributed by atoms with Gasteiger partial charge in [-0.25, -0.2) is 9.97 Å². The summed E-state index contributed by atoms with van der Waals surface area (Å²) in [4.78, 5) is 21.8. The van der Waals surface area contributed by atoms with E-state index in [0.717, 1.165) is 12.2 Å². The Kier molecular flexibility index (Phi) is 8.60. The number of aromatic hydroxyl groups is 1. The van der Waals surface area contributed by atoms with Gasteiger partial charge in [0.25, 0.3) is 5.91 Å². The third-order valence-corrected chi connectivity index (χ3v) is 3.19. The van der Waals surface area contributed by atoms with Crippen LogP contribution in [0.3, 0.4) is 0 Å². The summed E-state index contributed by atoms with van der Waals surface area (Å²) in [6.45, 7) is 3.04. The SMILES string of the molecule is CC(N)=NCCCOc1ccc(O)cc1.NC(=O)c1nc(Cl)c(N)nc1N. The van der Waals surface area contributed by atoms with Gasteiger partial charge < -0.3 is 32.8 Å². The number of benzene rings is 1. The van der Waals surface area contributed by atoms with Crippen LogP contribution in [0.15, 0.2) is 29.3 Å². The summed E-state index contributed by atoms with van der Waals surface area (Å²) in [5.74, 6) is 0.650. The van der Waals surface area contributed by atoms with Crippen LogP contribution >= 0.6 is 11.6 Å². The van der Waals surface area contributed by atoms with Gasteiger partial charge in [-0.1, -0.05) is 11.6 Å². The maximum Gasteiger partial charge on any atom is 0.271 e. The number of nitrogens with zero attached hydrogens (tertiary/aromatic N) is 3. The molecule has 0 aliphatic rings. The Morgan fingerprint density at radius 1 is 1.19 bits per heavy atom. The van der Waals surface area contributed by atoms with E-state index in [-0.39, 0.29) is 28.2 Å². The second kappa shape index (κ2) is 10.7. The van der Waals surface area contributed by atoms with Gasteiger partial charge in [-0.3, -0.25) is 9.79 Å². The molecule has 0 saturated heterocycles. The number of nitrogen functional groups attached to an aromatic ring is 2. The van der Waals surface area contributed by atoms with E-state index in [1.807, 2.05) is 0 Å². The number of hydrogen-bond acceptors (Lipinski definition) is 8. The van der Waals surface area contributed by atoms with Gasteiger partial charge >= 0.3 is 0 Å². The van der Waals surface area contributed by atoms with Gasteiger partial charge in [0.15, 0.2) is 22.5 Å². The van der Waals surface area contributed by atoms with Crippen molar-refractivity contribution < 1.29 is 14.6 Å². The quantitative estimate of drug-likeness (QED) is 0.271. The standard InChI is InChI=1S/C11H16N2O2.C5H6ClN5O/c1-9(12)13-7-2-8-15-11-5-3-10(14)4-6-11;6-2-4(8)11-3(7)1(10-2)5(9)12/h3-6,14H,2,7-8H2,1H3,(H2,12,13);(H2,9,12)(H4,7,8,11). The van der Waals surface area contributed by atoms with E-state index >= 15 is 0 Å². The van der Waals surface area contributed by atoms with Gasteiger partial charge in [-0.2, -0.15) is 0 Å². The summed E-state index contributed by atoms with van der Waals surface area (Å²) in [5, 5.41) is 8.95. The Morgan fingerprint density at radius 3 is 2.37 bits per heavy atom. The van der Waals surface area contributed by atoms with Gasteiger partial charge in [0, 0.05) is 13.0 Å². The number of halogens is 1. The van der Waals surface area contributed by atoms with Gasteiger partial charge in [-0.05, 0) is 31.2 Å². The lowest BCUT2D eigenvalue weighted by molar-refractivity contribution is 0.0996. The molecule has 0 unspecified atom stereocenters. The first-order valence-corrected chi connectivity index (χ1v) is 8.15. The van der Waals surface area contributed by atoms with Crippen molar-refractivity contribution in [2.24, 2.45) is 16.5 Å². The lowest BCUT2D eigenvalue weighted by Gasteiger charge is -2.04. The normalized spacial score (nSPS) is 10.7. The molecule has 9 N–H and O–H groups in total. The summed E-state index contributed by atoms with van der Waals surface area (Å²) < 4.78 is 5.42. The van der Waals surface area contributed by atoms with Crippen LogP contribution < -0.4 is 27.7 Å². The first kappa shape index (κ1) is 21.8. The minimum absolute atomic E-state index is 0.0285. The van der Waals surface area contributed by atoms with Crippen LogP contribution in [0, 0.1) is 0 Å².